The van der Waals surface area contributed by atoms with Crippen LogP contribution in [-0.4, -0.2) is 29.8 Å². The minimum atomic E-state index is -0.974. The van der Waals surface area contributed by atoms with Crippen LogP contribution in [0.25, 0.3) is 0 Å². The topological polar surface area (TPSA) is 87.7 Å². The zero-order chi connectivity index (χ0) is 15.1. The number of carboxylic acids is 1. The second-order valence-electron chi connectivity index (χ2n) is 4.33. The third-order valence-electron chi connectivity index (χ3n) is 2.18. The fraction of sp³-hybridized carbons (Fsp3) is 0.385. The van der Waals surface area contributed by atoms with Crippen molar-refractivity contribution < 1.29 is 19.4 Å². The molecule has 0 saturated carbocycles. The van der Waals surface area contributed by atoms with E-state index in [0.29, 0.717) is 16.5 Å². The van der Waals surface area contributed by atoms with Gasteiger partial charge in [-0.3, -0.25) is 4.79 Å². The van der Waals surface area contributed by atoms with Crippen LogP contribution >= 0.6 is 11.6 Å². The average molecular weight is 301 g/mol. The number of aliphatic carboxylic acids is 1. The van der Waals surface area contributed by atoms with Crippen molar-refractivity contribution in [1.82, 2.24) is 5.32 Å². The summed E-state index contributed by atoms with van der Waals surface area (Å²) in [7, 11) is 0. The van der Waals surface area contributed by atoms with Crippen molar-refractivity contribution >= 4 is 29.3 Å². The molecule has 6 nitrogen and oxygen atoms in total. The Morgan fingerprint density at radius 1 is 1.40 bits per heavy atom. The second kappa shape index (κ2) is 7.59. The number of halogens is 1. The van der Waals surface area contributed by atoms with E-state index in [9.17, 15) is 9.59 Å². The van der Waals surface area contributed by atoms with Crippen LogP contribution in [0, 0.1) is 0 Å². The molecule has 0 spiro atoms. The number of carbonyl (C=O) groups excluding carboxylic acids is 1. The van der Waals surface area contributed by atoms with E-state index in [2.05, 4.69) is 10.6 Å². The van der Waals surface area contributed by atoms with E-state index >= 15 is 0 Å². The summed E-state index contributed by atoms with van der Waals surface area (Å²) in [6, 6.07) is 4.41. The third kappa shape index (κ3) is 5.79. The number of nitrogens with one attached hydrogen (secondary N) is 2. The summed E-state index contributed by atoms with van der Waals surface area (Å²) in [6.45, 7) is 3.85. The molecule has 0 heterocycles. The number of ether oxygens (including phenoxy) is 1. The van der Waals surface area contributed by atoms with Crippen molar-refractivity contribution in [2.45, 2.75) is 26.4 Å². The highest BCUT2D eigenvalue weighted by atomic mass is 35.5. The lowest BCUT2D eigenvalue weighted by atomic mass is 10.3. The van der Waals surface area contributed by atoms with Crippen LogP contribution in [-0.2, 0) is 4.79 Å². The van der Waals surface area contributed by atoms with Crippen LogP contribution in [0.3, 0.4) is 0 Å². The fourth-order valence-electron chi connectivity index (χ4n) is 1.39. The number of urea groups is 1. The van der Waals surface area contributed by atoms with Gasteiger partial charge in [-0.25, -0.2) is 4.79 Å². The number of carbonyl (C=O) groups is 2. The highest BCUT2D eigenvalue weighted by Crippen LogP contribution is 2.27. The van der Waals surface area contributed by atoms with Crippen molar-refractivity contribution in [3.63, 3.8) is 0 Å². The van der Waals surface area contributed by atoms with Crippen LogP contribution in [0.4, 0.5) is 10.5 Å². The molecule has 0 bridgehead atoms. The lowest BCUT2D eigenvalue weighted by molar-refractivity contribution is -0.136. The van der Waals surface area contributed by atoms with Gasteiger partial charge < -0.3 is 20.5 Å². The van der Waals surface area contributed by atoms with Crippen LogP contribution in [0.1, 0.15) is 20.3 Å². The largest absolute Gasteiger partial charge is 0.491 e. The Bertz CT molecular complexity index is 491. The minimum absolute atomic E-state index is 0.0317. The monoisotopic (exact) mass is 300 g/mol. The highest BCUT2D eigenvalue weighted by molar-refractivity contribution is 6.33. The first-order chi connectivity index (χ1) is 9.38. The molecule has 1 aromatic carbocycles. The Hall–Kier alpha value is -1.95. The first-order valence-corrected chi connectivity index (χ1v) is 6.49. The molecule has 1 aromatic rings. The van der Waals surface area contributed by atoms with Crippen LogP contribution in [0.15, 0.2) is 18.2 Å². The van der Waals surface area contributed by atoms with E-state index in [1.165, 1.54) is 0 Å². The van der Waals surface area contributed by atoms with E-state index in [0.717, 1.165) is 0 Å². The summed E-state index contributed by atoms with van der Waals surface area (Å²) < 4.78 is 5.47. The molecule has 0 saturated heterocycles. The SMILES string of the molecule is CC(C)Oc1ccc(NC(=O)NCCC(=O)O)c(Cl)c1. The minimum Gasteiger partial charge on any atom is -0.491 e. The Kier molecular flexibility index (Phi) is 6.11. The normalized spacial score (nSPS) is 10.2. The summed E-state index contributed by atoms with van der Waals surface area (Å²) in [5.41, 5.74) is 0.426. The predicted molar refractivity (Wildman–Crippen MR) is 76.5 cm³/mol. The van der Waals surface area contributed by atoms with Gasteiger partial charge in [-0.1, -0.05) is 11.6 Å². The van der Waals surface area contributed by atoms with Crippen LogP contribution in [0.5, 0.6) is 5.75 Å². The number of hydrogen-bond donors (Lipinski definition) is 3. The molecule has 2 amide bonds. The highest BCUT2D eigenvalue weighted by Gasteiger charge is 2.08. The summed E-state index contributed by atoms with van der Waals surface area (Å²) in [6.07, 6.45) is -0.105. The first kappa shape index (κ1) is 16.1. The van der Waals surface area contributed by atoms with Gasteiger partial charge in [0.15, 0.2) is 0 Å². The number of anilines is 1. The number of hydrogen-bond acceptors (Lipinski definition) is 3. The molecular formula is C13H17ClN2O4. The van der Waals surface area contributed by atoms with Gasteiger partial charge in [-0.05, 0) is 26.0 Å². The van der Waals surface area contributed by atoms with E-state index < -0.39 is 12.0 Å². The summed E-state index contributed by atoms with van der Waals surface area (Å²) in [5, 5.41) is 13.7. The molecule has 0 aliphatic rings. The molecule has 0 aliphatic carbocycles. The lowest BCUT2D eigenvalue weighted by Crippen LogP contribution is -2.30. The van der Waals surface area contributed by atoms with Crippen molar-refractivity contribution in [3.05, 3.63) is 23.2 Å². The average Bonchev–Trinajstić information content (AvgIpc) is 2.31. The summed E-state index contributed by atoms with van der Waals surface area (Å²) in [5.74, 6) is -0.361. The third-order valence-corrected chi connectivity index (χ3v) is 2.50. The molecule has 7 heteroatoms. The van der Waals surface area contributed by atoms with Gasteiger partial charge in [0.05, 0.1) is 23.2 Å². The van der Waals surface area contributed by atoms with Gasteiger partial charge in [0, 0.05) is 12.6 Å². The van der Waals surface area contributed by atoms with Gasteiger partial charge in [-0.15, -0.1) is 0 Å². The van der Waals surface area contributed by atoms with Crippen LogP contribution < -0.4 is 15.4 Å². The lowest BCUT2D eigenvalue weighted by Gasteiger charge is -2.12. The first-order valence-electron chi connectivity index (χ1n) is 6.11. The van der Waals surface area contributed by atoms with Gasteiger partial charge in [0.25, 0.3) is 0 Å². The zero-order valence-corrected chi connectivity index (χ0v) is 12.0. The van der Waals surface area contributed by atoms with Crippen LogP contribution in [0.2, 0.25) is 5.02 Å². The molecule has 0 aromatic heterocycles. The number of amides is 2. The quantitative estimate of drug-likeness (QED) is 0.754. The maximum Gasteiger partial charge on any atom is 0.319 e. The maximum atomic E-state index is 11.5. The Morgan fingerprint density at radius 2 is 2.10 bits per heavy atom. The molecule has 1 rings (SSSR count). The predicted octanol–water partition coefficient (Wildman–Crippen LogP) is 2.72. The maximum absolute atomic E-state index is 11.5. The Morgan fingerprint density at radius 3 is 2.65 bits per heavy atom. The van der Waals surface area contributed by atoms with Gasteiger partial charge in [0.1, 0.15) is 5.75 Å². The van der Waals surface area contributed by atoms with E-state index in [-0.39, 0.29) is 19.1 Å². The van der Waals surface area contributed by atoms with E-state index in [1.807, 2.05) is 13.8 Å². The molecule has 3 N–H and O–H groups in total. The van der Waals surface area contributed by atoms with Gasteiger partial charge in [0.2, 0.25) is 0 Å². The summed E-state index contributed by atoms with van der Waals surface area (Å²) in [4.78, 5) is 21.8. The molecule has 0 aliphatic heterocycles. The van der Waals surface area contributed by atoms with Gasteiger partial charge in [-0.2, -0.15) is 0 Å². The molecule has 110 valence electrons. The Labute approximate surface area is 122 Å². The second-order valence-corrected chi connectivity index (χ2v) is 4.74. The number of carboxylic acid groups (broad SMARTS) is 1. The van der Waals surface area contributed by atoms with E-state index in [4.69, 9.17) is 21.4 Å². The summed E-state index contributed by atoms with van der Waals surface area (Å²) >= 11 is 6.02. The molecule has 0 fully saturated rings. The molecule has 0 unspecified atom stereocenters. The molecular weight excluding hydrogens is 284 g/mol. The molecule has 0 atom stereocenters. The molecule has 20 heavy (non-hydrogen) atoms. The Balaban J connectivity index is 2.55. The smallest absolute Gasteiger partial charge is 0.319 e. The zero-order valence-electron chi connectivity index (χ0n) is 11.3. The van der Waals surface area contributed by atoms with E-state index in [1.54, 1.807) is 18.2 Å². The number of benzene rings is 1. The van der Waals surface area contributed by atoms with Gasteiger partial charge >= 0.3 is 12.0 Å². The fourth-order valence-corrected chi connectivity index (χ4v) is 1.61. The molecule has 0 radical (unpaired) electrons. The van der Waals surface area contributed by atoms with Crippen molar-refractivity contribution in [2.75, 3.05) is 11.9 Å². The van der Waals surface area contributed by atoms with Crippen molar-refractivity contribution in [3.8, 4) is 5.75 Å². The van der Waals surface area contributed by atoms with Crippen molar-refractivity contribution in [1.29, 1.82) is 0 Å². The number of rotatable bonds is 6. The standard InChI is InChI=1S/C13H17ClN2O4/c1-8(2)20-9-3-4-11(10(14)7-9)16-13(19)15-6-5-12(17)18/h3-4,7-8H,5-6H2,1-2H3,(H,17,18)(H2,15,16,19). The van der Waals surface area contributed by atoms with Crippen molar-refractivity contribution in [2.24, 2.45) is 0 Å².